The highest BCUT2D eigenvalue weighted by Crippen LogP contribution is 2.26. The first kappa shape index (κ1) is 28.6. The summed E-state index contributed by atoms with van der Waals surface area (Å²) >= 11 is 0. The van der Waals surface area contributed by atoms with E-state index in [2.05, 4.69) is 25.2 Å². The molecule has 0 amide bonds. The van der Waals surface area contributed by atoms with Crippen molar-refractivity contribution >= 4 is 28.1 Å². The van der Waals surface area contributed by atoms with Crippen LogP contribution < -0.4 is 15.6 Å². The minimum absolute atomic E-state index is 0.0505. The van der Waals surface area contributed by atoms with E-state index in [1.54, 1.807) is 30.3 Å². The first-order valence-electron chi connectivity index (χ1n) is 13.7. The van der Waals surface area contributed by atoms with Crippen LogP contribution in [0.5, 0.6) is 5.75 Å². The van der Waals surface area contributed by atoms with Gasteiger partial charge in [-0.15, -0.1) is 0 Å². The number of rotatable bonds is 8. The van der Waals surface area contributed by atoms with Gasteiger partial charge < -0.3 is 24.6 Å². The van der Waals surface area contributed by atoms with E-state index in [0.717, 1.165) is 36.4 Å². The van der Waals surface area contributed by atoms with Gasteiger partial charge in [0, 0.05) is 38.7 Å². The molecule has 2 N–H and O–H groups in total. The number of nitrogens with zero attached hydrogens (tertiary/aromatic N) is 7. The Hall–Kier alpha value is -4.56. The van der Waals surface area contributed by atoms with Crippen LogP contribution in [0.15, 0.2) is 53.5 Å². The van der Waals surface area contributed by atoms with Crippen LogP contribution in [0.3, 0.4) is 0 Å². The van der Waals surface area contributed by atoms with Crippen LogP contribution in [0.25, 0.3) is 39.1 Å². The number of imidazole rings is 1. The van der Waals surface area contributed by atoms with Crippen LogP contribution in [0.1, 0.15) is 12.2 Å². The van der Waals surface area contributed by atoms with Crippen molar-refractivity contribution in [1.82, 2.24) is 34.0 Å². The van der Waals surface area contributed by atoms with E-state index in [9.17, 15) is 23.1 Å². The first-order chi connectivity index (χ1) is 20.6. The second-order valence-electron chi connectivity index (χ2n) is 10.5. The van der Waals surface area contributed by atoms with Gasteiger partial charge in [-0.3, -0.25) is 9.36 Å². The molecule has 1 saturated heterocycles. The van der Waals surface area contributed by atoms with Gasteiger partial charge in [0.05, 0.1) is 36.1 Å². The van der Waals surface area contributed by atoms with E-state index < -0.39 is 18.3 Å². The highest BCUT2D eigenvalue weighted by atomic mass is 19.4. The summed E-state index contributed by atoms with van der Waals surface area (Å²) in [5.41, 5.74) is 2.44. The molecule has 3 aromatic heterocycles. The van der Waals surface area contributed by atoms with E-state index in [-0.39, 0.29) is 28.9 Å². The average Bonchev–Trinajstić information content (AvgIpc) is 3.55. The highest BCUT2D eigenvalue weighted by Gasteiger charge is 2.27. The van der Waals surface area contributed by atoms with Gasteiger partial charge in [-0.25, -0.2) is 15.0 Å². The van der Waals surface area contributed by atoms with E-state index >= 15 is 0 Å². The fraction of sp³-hybridized carbons (Fsp3) is 0.345. The molecule has 0 radical (unpaired) electrons. The number of aliphatic hydroxyl groups excluding tert-OH is 1. The van der Waals surface area contributed by atoms with Crippen molar-refractivity contribution in [2.45, 2.75) is 25.1 Å². The molecule has 1 aliphatic rings. The summed E-state index contributed by atoms with van der Waals surface area (Å²) in [5.74, 6) is 1.16. The molecule has 224 valence electrons. The summed E-state index contributed by atoms with van der Waals surface area (Å²) < 4.78 is 47.0. The van der Waals surface area contributed by atoms with E-state index in [0.29, 0.717) is 30.0 Å². The normalized spacial score (nSPS) is 15.9. The topological polar surface area (TPSA) is 123 Å². The first-order valence-corrected chi connectivity index (χ1v) is 13.7. The van der Waals surface area contributed by atoms with E-state index in [1.165, 1.54) is 17.9 Å². The Morgan fingerprint density at radius 1 is 1.09 bits per heavy atom. The van der Waals surface area contributed by atoms with Gasteiger partial charge in [0.2, 0.25) is 5.95 Å². The lowest BCUT2D eigenvalue weighted by Gasteiger charge is -2.14. The molecule has 1 atom stereocenters. The molecular formula is C29H29F3N8O3. The fourth-order valence-corrected chi connectivity index (χ4v) is 5.29. The van der Waals surface area contributed by atoms with Gasteiger partial charge in [0.15, 0.2) is 5.65 Å². The van der Waals surface area contributed by atoms with Crippen LogP contribution in [-0.2, 0) is 13.5 Å². The maximum absolute atomic E-state index is 14.0. The summed E-state index contributed by atoms with van der Waals surface area (Å²) in [7, 11) is 3.43. The van der Waals surface area contributed by atoms with Crippen LogP contribution in [0, 0.1) is 0 Å². The second-order valence-corrected chi connectivity index (χ2v) is 10.5. The van der Waals surface area contributed by atoms with Crippen LogP contribution in [0.4, 0.5) is 19.1 Å². The summed E-state index contributed by atoms with van der Waals surface area (Å²) in [6.45, 7) is 0.960. The molecule has 0 spiro atoms. The molecule has 0 bridgehead atoms. The molecule has 1 unspecified atom stereocenters. The maximum Gasteiger partial charge on any atom is 0.405 e. The quantitative estimate of drug-likeness (QED) is 0.279. The van der Waals surface area contributed by atoms with Gasteiger partial charge in [-0.2, -0.15) is 18.2 Å². The number of methoxy groups -OCH3 is 1. The van der Waals surface area contributed by atoms with E-state index in [4.69, 9.17) is 9.72 Å². The molecule has 14 heteroatoms. The minimum Gasteiger partial charge on any atom is -0.497 e. The number of β-amino-alcohol motifs (C(OH)–C–C–N with tert-alkyl or cyclic N) is 1. The number of aromatic nitrogens is 6. The summed E-state index contributed by atoms with van der Waals surface area (Å²) in [5, 5.41) is 12.0. The predicted octanol–water partition coefficient (Wildman–Crippen LogP) is 3.32. The number of alkyl halides is 3. The van der Waals surface area contributed by atoms with Crippen molar-refractivity contribution in [3.8, 4) is 22.7 Å². The van der Waals surface area contributed by atoms with Gasteiger partial charge in [-0.1, -0.05) is 6.07 Å². The Morgan fingerprint density at radius 3 is 2.58 bits per heavy atom. The fourth-order valence-electron chi connectivity index (χ4n) is 5.29. The Morgan fingerprint density at radius 2 is 1.88 bits per heavy atom. The molecule has 11 nitrogen and oxygen atoms in total. The number of aryl methyl sites for hydroxylation is 1. The lowest BCUT2D eigenvalue weighted by Crippen LogP contribution is -2.25. The number of likely N-dealkylation sites (tertiary alicyclic amines) is 1. The summed E-state index contributed by atoms with van der Waals surface area (Å²) in [6.07, 6.45) is -1.99. The molecule has 1 fully saturated rings. The number of aliphatic hydroxyl groups is 1. The monoisotopic (exact) mass is 594 g/mol. The number of fused-ring (bicyclic) bond motifs is 2. The second kappa shape index (κ2) is 11.3. The molecule has 2 aromatic carbocycles. The van der Waals surface area contributed by atoms with Gasteiger partial charge in [-0.05, 0) is 42.8 Å². The molecule has 6 rings (SSSR count). The number of hydrogen-bond donors (Lipinski definition) is 2. The zero-order valence-electron chi connectivity index (χ0n) is 23.5. The van der Waals surface area contributed by atoms with Crippen molar-refractivity contribution in [2.24, 2.45) is 7.05 Å². The number of anilines is 1. The Bertz CT molecular complexity index is 1850. The molecule has 5 aromatic rings. The van der Waals surface area contributed by atoms with Gasteiger partial charge >= 0.3 is 6.18 Å². The Kier molecular flexibility index (Phi) is 7.48. The van der Waals surface area contributed by atoms with Gasteiger partial charge in [0.25, 0.3) is 5.56 Å². The van der Waals surface area contributed by atoms with Crippen molar-refractivity contribution in [3.63, 3.8) is 0 Å². The van der Waals surface area contributed by atoms with Crippen LogP contribution >= 0.6 is 0 Å². The number of nitrogens with one attached hydrogen (secondary N) is 1. The maximum atomic E-state index is 14.0. The van der Waals surface area contributed by atoms with Crippen molar-refractivity contribution in [1.29, 1.82) is 0 Å². The zero-order chi connectivity index (χ0) is 30.3. The van der Waals surface area contributed by atoms with Crippen molar-refractivity contribution in [3.05, 3.63) is 64.8 Å². The minimum atomic E-state index is -4.48. The smallest absolute Gasteiger partial charge is 0.405 e. The molecular weight excluding hydrogens is 565 g/mol. The zero-order valence-corrected chi connectivity index (χ0v) is 23.5. The van der Waals surface area contributed by atoms with Crippen LogP contribution in [-0.4, -0.2) is 84.6 Å². The number of hydrogen-bond acceptors (Lipinski definition) is 9. The lowest BCUT2D eigenvalue weighted by molar-refractivity contribution is -0.115. The SMILES string of the molecule is COc1ccc(-n2c(=O)c(-c3ccc4nc(CCN5CCC(O)C5)n(C)c4c3)nc3cnc(NCC(F)(F)F)nc32)cc1. The van der Waals surface area contributed by atoms with Crippen LogP contribution in [0.2, 0.25) is 0 Å². The third kappa shape index (κ3) is 5.88. The third-order valence-electron chi connectivity index (χ3n) is 7.52. The van der Waals surface area contributed by atoms with Crippen molar-refractivity contribution < 1.29 is 23.0 Å². The van der Waals surface area contributed by atoms with Gasteiger partial charge in [0.1, 0.15) is 29.3 Å². The molecule has 43 heavy (non-hydrogen) atoms. The standard InChI is InChI=1S/C29H29F3N8O3/c1-38-23-13-17(3-8-21(23)35-24(38)10-12-39-11-9-19(41)15-39)25-27(42)40(18-4-6-20(43-2)7-5-18)26-22(36-25)14-33-28(37-26)34-16-29(30,31)32/h3-8,13-14,19,41H,9-12,15-16H2,1-2H3,(H,33,34,37). The average molecular weight is 595 g/mol. The highest BCUT2D eigenvalue weighted by molar-refractivity contribution is 5.83. The Balaban J connectivity index is 1.42. The summed E-state index contributed by atoms with van der Waals surface area (Å²) in [4.78, 5) is 33.8. The number of benzene rings is 2. The molecule has 4 heterocycles. The van der Waals surface area contributed by atoms with Crippen molar-refractivity contribution in [2.75, 3.05) is 38.6 Å². The summed E-state index contributed by atoms with van der Waals surface area (Å²) in [6, 6.07) is 12.1. The third-order valence-corrected chi connectivity index (χ3v) is 7.52. The lowest BCUT2D eigenvalue weighted by atomic mass is 10.1. The molecule has 0 aliphatic carbocycles. The number of halogens is 3. The largest absolute Gasteiger partial charge is 0.497 e. The molecule has 0 saturated carbocycles. The Labute approximate surface area is 243 Å². The number of ether oxygens (including phenoxy) is 1. The van der Waals surface area contributed by atoms with E-state index in [1.807, 2.05) is 23.7 Å². The molecule has 1 aliphatic heterocycles. The predicted molar refractivity (Wildman–Crippen MR) is 155 cm³/mol.